The highest BCUT2D eigenvalue weighted by Gasteiger charge is 2.15. The second kappa shape index (κ2) is 7.27. The number of nitrogens with one attached hydrogen (secondary N) is 1. The highest BCUT2D eigenvalue weighted by molar-refractivity contribution is 5.55. The van der Waals surface area contributed by atoms with Gasteiger partial charge in [0.1, 0.15) is 0 Å². The molecule has 22 heavy (non-hydrogen) atoms. The summed E-state index contributed by atoms with van der Waals surface area (Å²) in [5.41, 5.74) is 3.73. The van der Waals surface area contributed by atoms with Gasteiger partial charge in [0.15, 0.2) is 0 Å². The molecule has 1 aliphatic heterocycles. The van der Waals surface area contributed by atoms with Crippen LogP contribution < -0.4 is 10.2 Å². The van der Waals surface area contributed by atoms with Gasteiger partial charge in [-0.1, -0.05) is 6.92 Å². The van der Waals surface area contributed by atoms with Crippen molar-refractivity contribution >= 4 is 11.4 Å². The molecule has 1 N–H and O–H groups in total. The van der Waals surface area contributed by atoms with Gasteiger partial charge in [-0.15, -0.1) is 0 Å². The van der Waals surface area contributed by atoms with Crippen molar-refractivity contribution in [2.45, 2.75) is 13.5 Å². The van der Waals surface area contributed by atoms with Crippen molar-refractivity contribution in [3.8, 4) is 0 Å². The van der Waals surface area contributed by atoms with Gasteiger partial charge >= 0.3 is 0 Å². The summed E-state index contributed by atoms with van der Waals surface area (Å²) in [5, 5.41) is 3.45. The molecule has 0 amide bonds. The lowest BCUT2D eigenvalue weighted by atomic mass is 10.2. The third-order valence-corrected chi connectivity index (χ3v) is 4.30. The summed E-state index contributed by atoms with van der Waals surface area (Å²) in [4.78, 5) is 9.01. The summed E-state index contributed by atoms with van der Waals surface area (Å²) < 4.78 is 0. The summed E-state index contributed by atoms with van der Waals surface area (Å²) in [7, 11) is 0. The van der Waals surface area contributed by atoms with Gasteiger partial charge < -0.3 is 15.1 Å². The Hall–Kier alpha value is -2.07. The van der Waals surface area contributed by atoms with E-state index in [1.165, 1.54) is 24.3 Å². The van der Waals surface area contributed by atoms with E-state index in [-0.39, 0.29) is 0 Å². The molecule has 0 aliphatic carbocycles. The molecule has 0 bridgehead atoms. The Bertz CT molecular complexity index is 559. The average molecular weight is 296 g/mol. The van der Waals surface area contributed by atoms with Crippen LogP contribution in [-0.2, 0) is 6.54 Å². The first-order valence-electron chi connectivity index (χ1n) is 8.05. The Balaban J connectivity index is 1.54. The van der Waals surface area contributed by atoms with Gasteiger partial charge in [-0.05, 0) is 48.5 Å². The zero-order valence-electron chi connectivity index (χ0n) is 13.2. The van der Waals surface area contributed by atoms with Crippen LogP contribution >= 0.6 is 0 Å². The molecule has 0 spiro atoms. The molecule has 1 saturated heterocycles. The van der Waals surface area contributed by atoms with Crippen molar-refractivity contribution in [2.24, 2.45) is 0 Å². The van der Waals surface area contributed by atoms with Crippen LogP contribution in [0.1, 0.15) is 12.5 Å². The van der Waals surface area contributed by atoms with E-state index in [1.54, 1.807) is 0 Å². The Morgan fingerprint density at radius 3 is 2.27 bits per heavy atom. The summed E-state index contributed by atoms with van der Waals surface area (Å²) >= 11 is 0. The predicted molar refractivity (Wildman–Crippen MR) is 92.3 cm³/mol. The van der Waals surface area contributed by atoms with E-state index in [2.05, 4.69) is 51.3 Å². The standard InChI is InChI=1S/C18H24N4/c1-2-21-11-13-22(14-12-21)18-5-3-17(4-6-18)20-15-16-7-9-19-10-8-16/h3-10,20H,2,11-15H2,1H3. The number of anilines is 2. The zero-order chi connectivity index (χ0) is 15.2. The number of likely N-dealkylation sites (N-methyl/N-ethyl adjacent to an activating group) is 1. The maximum Gasteiger partial charge on any atom is 0.0401 e. The van der Waals surface area contributed by atoms with Crippen molar-refractivity contribution in [2.75, 3.05) is 42.9 Å². The number of hydrogen-bond donors (Lipinski definition) is 1. The number of nitrogens with zero attached hydrogens (tertiary/aromatic N) is 3. The molecule has 3 rings (SSSR count). The topological polar surface area (TPSA) is 31.4 Å². The van der Waals surface area contributed by atoms with Gasteiger partial charge in [-0.25, -0.2) is 0 Å². The number of rotatable bonds is 5. The van der Waals surface area contributed by atoms with Crippen molar-refractivity contribution in [3.05, 3.63) is 54.4 Å². The number of hydrogen-bond acceptors (Lipinski definition) is 4. The van der Waals surface area contributed by atoms with Gasteiger partial charge in [0.05, 0.1) is 0 Å². The van der Waals surface area contributed by atoms with Gasteiger partial charge in [-0.3, -0.25) is 4.98 Å². The molecule has 4 nitrogen and oxygen atoms in total. The van der Waals surface area contributed by atoms with E-state index >= 15 is 0 Å². The molecule has 0 unspecified atom stereocenters. The van der Waals surface area contributed by atoms with Gasteiger partial charge in [0.25, 0.3) is 0 Å². The van der Waals surface area contributed by atoms with Crippen LogP contribution in [0.2, 0.25) is 0 Å². The Morgan fingerprint density at radius 2 is 1.64 bits per heavy atom. The Morgan fingerprint density at radius 1 is 0.955 bits per heavy atom. The molecule has 1 aromatic carbocycles. The van der Waals surface area contributed by atoms with Gasteiger partial charge in [0, 0.05) is 56.5 Å². The molecule has 2 aromatic rings. The molecule has 0 saturated carbocycles. The van der Waals surface area contributed by atoms with Gasteiger partial charge in [-0.2, -0.15) is 0 Å². The van der Waals surface area contributed by atoms with E-state index in [9.17, 15) is 0 Å². The van der Waals surface area contributed by atoms with E-state index in [0.29, 0.717) is 0 Å². The molecule has 2 heterocycles. The fourth-order valence-electron chi connectivity index (χ4n) is 2.82. The summed E-state index contributed by atoms with van der Waals surface area (Å²) in [6, 6.07) is 12.8. The first kappa shape index (κ1) is 14.9. The molecule has 1 aliphatic rings. The lowest BCUT2D eigenvalue weighted by Crippen LogP contribution is -2.46. The minimum absolute atomic E-state index is 0.830. The molecule has 116 valence electrons. The molecular weight excluding hydrogens is 272 g/mol. The molecule has 0 radical (unpaired) electrons. The quantitative estimate of drug-likeness (QED) is 0.919. The van der Waals surface area contributed by atoms with Crippen LogP contribution in [0, 0.1) is 0 Å². The lowest BCUT2D eigenvalue weighted by molar-refractivity contribution is 0.271. The summed E-state index contributed by atoms with van der Waals surface area (Å²) in [6.07, 6.45) is 3.66. The smallest absolute Gasteiger partial charge is 0.0401 e. The first-order chi connectivity index (χ1) is 10.8. The van der Waals surface area contributed by atoms with Crippen molar-refractivity contribution in [3.63, 3.8) is 0 Å². The SMILES string of the molecule is CCN1CCN(c2ccc(NCc3ccncc3)cc2)CC1. The average Bonchev–Trinajstić information content (AvgIpc) is 2.61. The van der Waals surface area contributed by atoms with Crippen molar-refractivity contribution < 1.29 is 0 Å². The zero-order valence-corrected chi connectivity index (χ0v) is 13.2. The Kier molecular flexibility index (Phi) is 4.91. The van der Waals surface area contributed by atoms with Crippen LogP contribution in [0.25, 0.3) is 0 Å². The molecule has 4 heteroatoms. The van der Waals surface area contributed by atoms with Crippen LogP contribution in [0.3, 0.4) is 0 Å². The summed E-state index contributed by atoms with van der Waals surface area (Å²) in [6.45, 7) is 8.80. The van der Waals surface area contributed by atoms with E-state index in [1.807, 2.05) is 24.5 Å². The fraction of sp³-hybridized carbons (Fsp3) is 0.389. The third-order valence-electron chi connectivity index (χ3n) is 4.30. The molecular formula is C18H24N4. The highest BCUT2D eigenvalue weighted by atomic mass is 15.3. The monoisotopic (exact) mass is 296 g/mol. The number of aromatic nitrogens is 1. The molecule has 1 aromatic heterocycles. The second-order valence-corrected chi connectivity index (χ2v) is 5.68. The minimum Gasteiger partial charge on any atom is -0.381 e. The van der Waals surface area contributed by atoms with Crippen LogP contribution in [0.4, 0.5) is 11.4 Å². The highest BCUT2D eigenvalue weighted by Crippen LogP contribution is 2.19. The van der Waals surface area contributed by atoms with Crippen LogP contribution in [-0.4, -0.2) is 42.6 Å². The predicted octanol–water partition coefficient (Wildman–Crippen LogP) is 2.84. The normalized spacial score (nSPS) is 15.8. The van der Waals surface area contributed by atoms with Crippen molar-refractivity contribution in [1.82, 2.24) is 9.88 Å². The number of benzene rings is 1. The first-order valence-corrected chi connectivity index (χ1v) is 8.05. The number of pyridine rings is 1. The molecule has 1 fully saturated rings. The largest absolute Gasteiger partial charge is 0.381 e. The lowest BCUT2D eigenvalue weighted by Gasteiger charge is -2.35. The summed E-state index contributed by atoms with van der Waals surface area (Å²) in [5.74, 6) is 0. The fourth-order valence-corrected chi connectivity index (χ4v) is 2.82. The number of piperazine rings is 1. The van der Waals surface area contributed by atoms with E-state index in [0.717, 1.165) is 31.9 Å². The van der Waals surface area contributed by atoms with Crippen molar-refractivity contribution in [1.29, 1.82) is 0 Å². The van der Waals surface area contributed by atoms with E-state index in [4.69, 9.17) is 0 Å². The maximum absolute atomic E-state index is 4.04. The molecule has 0 atom stereocenters. The van der Waals surface area contributed by atoms with Crippen LogP contribution in [0.15, 0.2) is 48.8 Å². The third kappa shape index (κ3) is 3.77. The van der Waals surface area contributed by atoms with Gasteiger partial charge in [0.2, 0.25) is 0 Å². The maximum atomic E-state index is 4.04. The minimum atomic E-state index is 0.830. The second-order valence-electron chi connectivity index (χ2n) is 5.68. The van der Waals surface area contributed by atoms with E-state index < -0.39 is 0 Å². The Labute approximate surface area is 132 Å². The van der Waals surface area contributed by atoms with Crippen LogP contribution in [0.5, 0.6) is 0 Å².